The molecule has 28 heavy (non-hydrogen) atoms. The van der Waals surface area contributed by atoms with E-state index in [1.54, 1.807) is 7.11 Å². The van der Waals surface area contributed by atoms with Gasteiger partial charge in [0.2, 0.25) is 5.95 Å². The van der Waals surface area contributed by atoms with Crippen molar-refractivity contribution in [2.45, 2.75) is 19.8 Å². The average molecular weight is 381 g/mol. The molecule has 7 heteroatoms. The van der Waals surface area contributed by atoms with Gasteiger partial charge in [0.15, 0.2) is 5.78 Å². The van der Waals surface area contributed by atoms with E-state index < -0.39 is 0 Å². The van der Waals surface area contributed by atoms with Gasteiger partial charge >= 0.3 is 0 Å². The molecule has 0 amide bonds. The normalized spacial score (nSPS) is 19.4. The molecule has 7 nitrogen and oxygen atoms in total. The van der Waals surface area contributed by atoms with Crippen molar-refractivity contribution in [2.24, 2.45) is 5.92 Å². The van der Waals surface area contributed by atoms with Crippen LogP contribution in [-0.4, -0.2) is 56.1 Å². The second-order valence-electron chi connectivity index (χ2n) is 7.53. The third kappa shape index (κ3) is 3.37. The highest BCUT2D eigenvalue weighted by Crippen LogP contribution is 2.32. The number of anilines is 3. The Labute approximate surface area is 165 Å². The number of methoxy groups -OCH3 is 1. The number of nitrogens with one attached hydrogen (secondary N) is 1. The number of hydrogen-bond donors (Lipinski definition) is 1. The molecular formula is C21H27N5O2. The van der Waals surface area contributed by atoms with Crippen molar-refractivity contribution in [1.29, 1.82) is 0 Å². The first-order chi connectivity index (χ1) is 13.6. The van der Waals surface area contributed by atoms with Gasteiger partial charge in [-0.1, -0.05) is 19.1 Å². The van der Waals surface area contributed by atoms with Crippen molar-refractivity contribution in [3.63, 3.8) is 0 Å². The molecule has 0 bridgehead atoms. The van der Waals surface area contributed by atoms with Crippen LogP contribution in [0.15, 0.2) is 24.3 Å². The quantitative estimate of drug-likeness (QED) is 0.873. The summed E-state index contributed by atoms with van der Waals surface area (Å²) in [6.07, 6.45) is 1.40. The van der Waals surface area contributed by atoms with E-state index in [0.717, 1.165) is 49.7 Å². The van der Waals surface area contributed by atoms with Crippen molar-refractivity contribution in [2.75, 3.05) is 55.5 Å². The minimum absolute atomic E-state index is 0.144. The summed E-state index contributed by atoms with van der Waals surface area (Å²) < 4.78 is 5.50. The van der Waals surface area contributed by atoms with Gasteiger partial charge in [-0.2, -0.15) is 4.98 Å². The SMILES string of the molecule is CNc1nc(N2CCN(c3ccccc3OC)CC2)nc2c1C(=O)CC(C)C2. The Morgan fingerprint density at radius 1 is 1.07 bits per heavy atom. The Kier molecular flexibility index (Phi) is 5.07. The van der Waals surface area contributed by atoms with Crippen LogP contribution in [0.1, 0.15) is 29.4 Å². The molecule has 1 N–H and O–H groups in total. The van der Waals surface area contributed by atoms with Crippen LogP contribution in [0, 0.1) is 5.92 Å². The van der Waals surface area contributed by atoms with Gasteiger partial charge in [-0.3, -0.25) is 4.79 Å². The van der Waals surface area contributed by atoms with E-state index in [4.69, 9.17) is 9.72 Å². The van der Waals surface area contributed by atoms with Gasteiger partial charge in [0, 0.05) is 39.6 Å². The Hall–Kier alpha value is -2.83. The lowest BCUT2D eigenvalue weighted by Gasteiger charge is -2.37. The first kappa shape index (κ1) is 18.5. The molecule has 2 aromatic rings. The minimum Gasteiger partial charge on any atom is -0.495 e. The van der Waals surface area contributed by atoms with Crippen LogP contribution in [0.4, 0.5) is 17.5 Å². The van der Waals surface area contributed by atoms with Gasteiger partial charge in [0.25, 0.3) is 0 Å². The van der Waals surface area contributed by atoms with Crippen LogP contribution in [-0.2, 0) is 6.42 Å². The number of ketones is 1. The zero-order valence-electron chi connectivity index (χ0n) is 16.7. The van der Waals surface area contributed by atoms with Gasteiger partial charge in [0.05, 0.1) is 24.1 Å². The number of benzene rings is 1. The lowest BCUT2D eigenvalue weighted by Crippen LogP contribution is -2.47. The third-order valence-corrected chi connectivity index (χ3v) is 5.55. The highest BCUT2D eigenvalue weighted by Gasteiger charge is 2.29. The fraction of sp³-hybridized carbons (Fsp3) is 0.476. The Morgan fingerprint density at radius 2 is 1.79 bits per heavy atom. The number of carbonyl (C=O) groups excluding carboxylic acids is 1. The number of rotatable bonds is 4. The molecule has 1 aliphatic carbocycles. The second-order valence-corrected chi connectivity index (χ2v) is 7.53. The standard InChI is InChI=1S/C21H27N5O2/c1-14-12-15-19(17(27)13-14)20(22-2)24-21(23-15)26-10-8-25(9-11-26)16-6-4-5-7-18(16)28-3/h4-7,14H,8-13H2,1-3H3,(H,22,23,24). The van der Waals surface area contributed by atoms with Gasteiger partial charge in [-0.15, -0.1) is 0 Å². The number of carbonyl (C=O) groups is 1. The molecule has 1 aromatic carbocycles. The Balaban J connectivity index is 1.55. The first-order valence-electron chi connectivity index (χ1n) is 9.85. The number of para-hydroxylation sites is 2. The monoisotopic (exact) mass is 381 g/mol. The van der Waals surface area contributed by atoms with Crippen molar-refractivity contribution in [3.05, 3.63) is 35.5 Å². The van der Waals surface area contributed by atoms with E-state index in [1.807, 2.05) is 25.2 Å². The van der Waals surface area contributed by atoms with Crippen LogP contribution in [0.25, 0.3) is 0 Å². The lowest BCUT2D eigenvalue weighted by molar-refractivity contribution is 0.0952. The number of ether oxygens (including phenoxy) is 1. The maximum Gasteiger partial charge on any atom is 0.227 e. The van der Waals surface area contributed by atoms with E-state index in [1.165, 1.54) is 0 Å². The number of aromatic nitrogens is 2. The molecule has 4 rings (SSSR count). The van der Waals surface area contributed by atoms with Crippen molar-refractivity contribution in [3.8, 4) is 5.75 Å². The molecule has 148 valence electrons. The summed E-state index contributed by atoms with van der Waals surface area (Å²) in [7, 11) is 3.52. The summed E-state index contributed by atoms with van der Waals surface area (Å²) in [5, 5.41) is 3.10. The number of hydrogen-bond acceptors (Lipinski definition) is 7. The van der Waals surface area contributed by atoms with E-state index >= 15 is 0 Å². The maximum absolute atomic E-state index is 12.5. The predicted molar refractivity (Wildman–Crippen MR) is 111 cm³/mol. The predicted octanol–water partition coefficient (Wildman–Crippen LogP) is 2.62. The largest absolute Gasteiger partial charge is 0.495 e. The summed E-state index contributed by atoms with van der Waals surface area (Å²) >= 11 is 0. The van der Waals surface area contributed by atoms with E-state index in [-0.39, 0.29) is 5.78 Å². The van der Waals surface area contributed by atoms with E-state index in [9.17, 15) is 4.79 Å². The fourth-order valence-electron chi connectivity index (χ4n) is 4.12. The Bertz CT molecular complexity index is 877. The zero-order chi connectivity index (χ0) is 19.7. The molecule has 1 unspecified atom stereocenters. The first-order valence-corrected chi connectivity index (χ1v) is 9.85. The molecule has 2 heterocycles. The van der Waals surface area contributed by atoms with Crippen LogP contribution < -0.4 is 19.9 Å². The average Bonchev–Trinajstić information content (AvgIpc) is 2.72. The zero-order valence-corrected chi connectivity index (χ0v) is 16.7. The van der Waals surface area contributed by atoms with Gasteiger partial charge in [-0.05, 0) is 24.5 Å². The molecule has 1 aromatic heterocycles. The summed E-state index contributed by atoms with van der Waals surface area (Å²) in [6, 6.07) is 8.11. The summed E-state index contributed by atoms with van der Waals surface area (Å²) in [5.41, 5.74) is 2.67. The molecule has 0 spiro atoms. The fourth-order valence-corrected chi connectivity index (χ4v) is 4.12. The number of piperazine rings is 1. The van der Waals surface area contributed by atoms with Crippen LogP contribution in [0.5, 0.6) is 5.75 Å². The minimum atomic E-state index is 0.144. The summed E-state index contributed by atoms with van der Waals surface area (Å²) in [6.45, 7) is 5.48. The molecule has 0 saturated carbocycles. The molecule has 1 fully saturated rings. The smallest absolute Gasteiger partial charge is 0.227 e. The third-order valence-electron chi connectivity index (χ3n) is 5.55. The number of Topliss-reactive ketones (excluding diaryl/α,β-unsaturated/α-hetero) is 1. The number of fused-ring (bicyclic) bond motifs is 1. The highest BCUT2D eigenvalue weighted by molar-refractivity contribution is 6.02. The second kappa shape index (κ2) is 7.66. The molecule has 2 aliphatic rings. The molecule has 0 radical (unpaired) electrons. The van der Waals surface area contributed by atoms with Crippen LogP contribution >= 0.6 is 0 Å². The van der Waals surface area contributed by atoms with Crippen molar-refractivity contribution >= 4 is 23.2 Å². The summed E-state index contributed by atoms with van der Waals surface area (Å²) in [5.74, 6) is 2.74. The molecule has 1 aliphatic heterocycles. The van der Waals surface area contributed by atoms with Gasteiger partial charge < -0.3 is 19.9 Å². The maximum atomic E-state index is 12.5. The van der Waals surface area contributed by atoms with Crippen molar-refractivity contribution < 1.29 is 9.53 Å². The summed E-state index contributed by atoms with van der Waals surface area (Å²) in [4.78, 5) is 26.5. The van der Waals surface area contributed by atoms with Gasteiger partial charge in [0.1, 0.15) is 11.6 Å². The molecule has 1 saturated heterocycles. The van der Waals surface area contributed by atoms with Crippen LogP contribution in [0.3, 0.4) is 0 Å². The van der Waals surface area contributed by atoms with E-state index in [2.05, 4.69) is 33.1 Å². The topological polar surface area (TPSA) is 70.6 Å². The van der Waals surface area contributed by atoms with Crippen molar-refractivity contribution in [1.82, 2.24) is 9.97 Å². The number of nitrogens with zero attached hydrogens (tertiary/aromatic N) is 4. The highest BCUT2D eigenvalue weighted by atomic mass is 16.5. The van der Waals surface area contributed by atoms with Crippen LogP contribution in [0.2, 0.25) is 0 Å². The molecular weight excluding hydrogens is 354 g/mol. The Morgan fingerprint density at radius 3 is 2.50 bits per heavy atom. The van der Waals surface area contributed by atoms with Gasteiger partial charge in [-0.25, -0.2) is 4.98 Å². The molecule has 1 atom stereocenters. The van der Waals surface area contributed by atoms with E-state index in [0.29, 0.717) is 29.7 Å². The lowest BCUT2D eigenvalue weighted by atomic mass is 9.87.